The minimum absolute atomic E-state index is 0.0750. The average molecular weight is 487 g/mol. The van der Waals surface area contributed by atoms with E-state index in [4.69, 9.17) is 5.11 Å². The van der Waals surface area contributed by atoms with Crippen molar-refractivity contribution in [3.63, 3.8) is 0 Å². The first-order chi connectivity index (χ1) is 13.0. The summed E-state index contributed by atoms with van der Waals surface area (Å²) < 4.78 is 66.5. The summed E-state index contributed by atoms with van der Waals surface area (Å²) in [6, 6.07) is 0.582. The number of thioether (sulfide) groups is 1. The second-order valence-corrected chi connectivity index (χ2v) is 7.93. The van der Waals surface area contributed by atoms with Crippen molar-refractivity contribution in [2.75, 3.05) is 24.5 Å². The van der Waals surface area contributed by atoms with Gasteiger partial charge in [-0.2, -0.15) is 27.5 Å². The number of carboxylic acid groups (broad SMARTS) is 1. The first-order valence-corrected chi connectivity index (χ1v) is 9.44. The third-order valence-electron chi connectivity index (χ3n) is 4.19. The molecule has 1 aromatic heterocycles. The Morgan fingerprint density at radius 1 is 1.32 bits per heavy atom. The Morgan fingerprint density at radius 3 is 2.57 bits per heavy atom. The number of rotatable bonds is 2. The molecule has 0 radical (unpaired) electrons. The number of nitrogens with zero attached hydrogens (tertiary/aromatic N) is 4. The van der Waals surface area contributed by atoms with Gasteiger partial charge in [-0.15, -0.1) is 0 Å². The number of amides is 1. The normalized spacial score (nSPS) is 18.0. The van der Waals surface area contributed by atoms with E-state index >= 15 is 0 Å². The van der Waals surface area contributed by atoms with Gasteiger partial charge in [0.15, 0.2) is 5.82 Å². The highest BCUT2D eigenvalue weighted by molar-refractivity contribution is 9.10. The maximum Gasteiger partial charge on any atom is 0.446 e. The van der Waals surface area contributed by atoms with Gasteiger partial charge in [0.25, 0.3) is 0 Å². The predicted octanol–water partition coefficient (Wildman–Crippen LogP) is 4.47. The van der Waals surface area contributed by atoms with E-state index in [0.717, 1.165) is 11.0 Å². The number of hydrogen-bond acceptors (Lipinski definition) is 5. The number of piperazine rings is 1. The van der Waals surface area contributed by atoms with Gasteiger partial charge < -0.3 is 14.9 Å². The zero-order chi connectivity index (χ0) is 20.8. The number of benzene rings is 1. The van der Waals surface area contributed by atoms with Crippen LogP contribution in [0.1, 0.15) is 6.92 Å². The van der Waals surface area contributed by atoms with Gasteiger partial charge in [-0.1, -0.05) is 0 Å². The van der Waals surface area contributed by atoms with Crippen molar-refractivity contribution >= 4 is 50.5 Å². The molecule has 3 rings (SSSR count). The van der Waals surface area contributed by atoms with Crippen LogP contribution in [0.4, 0.5) is 32.6 Å². The highest BCUT2D eigenvalue weighted by Crippen LogP contribution is 2.44. The molecule has 152 valence electrons. The molecule has 2 aromatic rings. The lowest BCUT2D eigenvalue weighted by Crippen LogP contribution is -2.53. The fourth-order valence-corrected chi connectivity index (χ4v) is 4.15. The molecule has 6 nitrogen and oxygen atoms in total. The van der Waals surface area contributed by atoms with Crippen molar-refractivity contribution < 1.29 is 31.9 Å². The Morgan fingerprint density at radius 2 is 2.00 bits per heavy atom. The van der Waals surface area contributed by atoms with Crippen LogP contribution >= 0.6 is 27.7 Å². The van der Waals surface area contributed by atoms with Crippen LogP contribution in [0.15, 0.2) is 15.4 Å². The SMILES string of the molecule is CC1CN(C(=O)O)CCN1c1nc(F)nc2c(F)c(Br)c(SC(F)(F)F)cc12. The van der Waals surface area contributed by atoms with Crippen LogP contribution < -0.4 is 4.90 Å². The summed E-state index contributed by atoms with van der Waals surface area (Å²) in [6.07, 6.45) is -2.36. The van der Waals surface area contributed by atoms with Crippen LogP contribution in [0, 0.1) is 11.9 Å². The third-order valence-corrected chi connectivity index (χ3v) is 6.00. The summed E-state index contributed by atoms with van der Waals surface area (Å²) in [5.41, 5.74) is -5.13. The van der Waals surface area contributed by atoms with E-state index < -0.39 is 56.2 Å². The summed E-state index contributed by atoms with van der Waals surface area (Å²) in [5.74, 6) is -1.22. The predicted molar refractivity (Wildman–Crippen MR) is 95.5 cm³/mol. The van der Waals surface area contributed by atoms with Gasteiger partial charge in [0.2, 0.25) is 0 Å². The Balaban J connectivity index is 2.13. The summed E-state index contributed by atoms with van der Waals surface area (Å²) in [4.78, 5) is 20.4. The smallest absolute Gasteiger partial charge is 0.446 e. The largest absolute Gasteiger partial charge is 0.465 e. The molecule has 1 amide bonds. The Hall–Kier alpha value is -1.89. The summed E-state index contributed by atoms with van der Waals surface area (Å²) >= 11 is 2.25. The molecule has 1 fully saturated rings. The van der Waals surface area contributed by atoms with E-state index in [1.54, 1.807) is 6.92 Å². The van der Waals surface area contributed by atoms with Gasteiger partial charge in [-0.3, -0.25) is 0 Å². The Kier molecular flexibility index (Phi) is 5.58. The molecule has 1 N–H and O–H groups in total. The summed E-state index contributed by atoms with van der Waals surface area (Å²) in [7, 11) is 0. The maximum atomic E-state index is 14.6. The molecular formula is C15H12BrF5N4O2S. The van der Waals surface area contributed by atoms with E-state index in [1.807, 2.05) is 0 Å². The molecule has 2 heterocycles. The highest BCUT2D eigenvalue weighted by atomic mass is 79.9. The monoisotopic (exact) mass is 486 g/mol. The second-order valence-electron chi connectivity index (χ2n) is 6.03. The topological polar surface area (TPSA) is 69.6 Å². The molecule has 1 atom stereocenters. The first kappa shape index (κ1) is 20.8. The van der Waals surface area contributed by atoms with Gasteiger partial charge in [-0.25, -0.2) is 9.18 Å². The third kappa shape index (κ3) is 4.09. The Bertz CT molecular complexity index is 945. The number of hydrogen-bond donors (Lipinski definition) is 1. The molecular weight excluding hydrogens is 475 g/mol. The lowest BCUT2D eigenvalue weighted by molar-refractivity contribution is -0.0328. The van der Waals surface area contributed by atoms with Gasteiger partial charge in [0.05, 0.1) is 4.47 Å². The van der Waals surface area contributed by atoms with E-state index in [0.29, 0.717) is 0 Å². The molecule has 28 heavy (non-hydrogen) atoms. The van der Waals surface area contributed by atoms with Crippen LogP contribution in [0.2, 0.25) is 0 Å². The van der Waals surface area contributed by atoms with Crippen LogP contribution in [0.5, 0.6) is 0 Å². The molecule has 13 heteroatoms. The molecule has 1 aliphatic heterocycles. The van der Waals surface area contributed by atoms with Gasteiger partial charge in [0.1, 0.15) is 11.3 Å². The lowest BCUT2D eigenvalue weighted by atomic mass is 10.1. The molecule has 0 bridgehead atoms. The second kappa shape index (κ2) is 7.50. The minimum atomic E-state index is -4.66. The summed E-state index contributed by atoms with van der Waals surface area (Å²) in [5, 5.41) is 9.00. The molecule has 0 aliphatic carbocycles. The van der Waals surface area contributed by atoms with Gasteiger partial charge in [0, 0.05) is 36.0 Å². The molecule has 1 saturated heterocycles. The molecule has 1 unspecified atom stereocenters. The number of anilines is 1. The zero-order valence-corrected chi connectivity index (χ0v) is 16.5. The van der Waals surface area contributed by atoms with E-state index in [-0.39, 0.29) is 30.8 Å². The number of alkyl halides is 3. The number of aromatic nitrogens is 2. The van der Waals surface area contributed by atoms with Crippen LogP contribution in [0.3, 0.4) is 0 Å². The van der Waals surface area contributed by atoms with Crippen molar-refractivity contribution in [2.24, 2.45) is 0 Å². The average Bonchev–Trinajstić information content (AvgIpc) is 2.58. The first-order valence-electron chi connectivity index (χ1n) is 7.83. The van der Waals surface area contributed by atoms with Crippen molar-refractivity contribution in [1.82, 2.24) is 14.9 Å². The number of carbonyl (C=O) groups is 1. The molecule has 1 aromatic carbocycles. The van der Waals surface area contributed by atoms with Crippen LogP contribution in [0.25, 0.3) is 10.9 Å². The van der Waals surface area contributed by atoms with Gasteiger partial charge in [-0.05, 0) is 40.7 Å². The number of fused-ring (bicyclic) bond motifs is 1. The quantitative estimate of drug-likeness (QED) is 0.383. The molecule has 1 aliphatic rings. The van der Waals surface area contributed by atoms with Crippen LogP contribution in [-0.2, 0) is 0 Å². The van der Waals surface area contributed by atoms with Crippen LogP contribution in [-0.4, -0.2) is 57.3 Å². The lowest BCUT2D eigenvalue weighted by Gasteiger charge is -2.39. The van der Waals surface area contributed by atoms with E-state index in [2.05, 4.69) is 25.9 Å². The zero-order valence-electron chi connectivity index (χ0n) is 14.1. The van der Waals surface area contributed by atoms with Crippen molar-refractivity contribution in [3.05, 3.63) is 22.4 Å². The molecule has 0 saturated carbocycles. The van der Waals surface area contributed by atoms with Crippen molar-refractivity contribution in [1.29, 1.82) is 0 Å². The minimum Gasteiger partial charge on any atom is -0.465 e. The fourth-order valence-electron chi connectivity index (χ4n) is 3.00. The van der Waals surface area contributed by atoms with Gasteiger partial charge >= 0.3 is 17.7 Å². The van der Waals surface area contributed by atoms with Crippen molar-refractivity contribution in [2.45, 2.75) is 23.4 Å². The number of halogens is 6. The van der Waals surface area contributed by atoms with E-state index in [9.17, 15) is 26.7 Å². The van der Waals surface area contributed by atoms with E-state index in [1.165, 1.54) is 4.90 Å². The molecule has 0 spiro atoms. The highest BCUT2D eigenvalue weighted by Gasteiger charge is 2.33. The standard InChI is InChI=1S/C15H12BrF5N4O2S/c1-6-5-24(14(26)27)2-3-25(6)12-7-4-8(28-15(19,20)21)9(16)10(17)11(7)22-13(18)23-12/h4,6H,2-3,5H2,1H3,(H,26,27). The Labute approximate surface area is 167 Å². The maximum absolute atomic E-state index is 14.6. The fraction of sp³-hybridized carbons (Fsp3) is 0.400. The summed E-state index contributed by atoms with van der Waals surface area (Å²) in [6.45, 7) is 1.92. The van der Waals surface area contributed by atoms with Crippen molar-refractivity contribution in [3.8, 4) is 0 Å².